The van der Waals surface area contributed by atoms with Crippen molar-refractivity contribution in [1.29, 1.82) is 5.26 Å². The average Bonchev–Trinajstić information content (AvgIpc) is 2.95. The van der Waals surface area contributed by atoms with Crippen molar-refractivity contribution >= 4 is 34.6 Å². The number of nitrogens with one attached hydrogen (secondary N) is 2. The van der Waals surface area contributed by atoms with Crippen LogP contribution in [-0.2, 0) is 0 Å². The van der Waals surface area contributed by atoms with Crippen molar-refractivity contribution in [1.82, 2.24) is 15.2 Å². The monoisotopic (exact) mass is 450 g/mol. The second-order valence-electron chi connectivity index (χ2n) is 5.68. The molecule has 1 aliphatic heterocycles. The first-order chi connectivity index (χ1) is 12.0. The molecular weight excluding hydrogens is 435 g/mol. The first-order valence-electron chi connectivity index (χ1n) is 7.67. The van der Waals surface area contributed by atoms with Gasteiger partial charge in [-0.3, -0.25) is 4.79 Å². The average molecular weight is 450 g/mol. The maximum absolute atomic E-state index is 12.2. The Labute approximate surface area is 157 Å². The number of nitrogens with zero attached hydrogens (tertiary/aromatic N) is 2. The lowest BCUT2D eigenvalue weighted by atomic mass is 10.1. The molecule has 1 atom stereocenters. The van der Waals surface area contributed by atoms with E-state index < -0.39 is 6.09 Å². The van der Waals surface area contributed by atoms with Gasteiger partial charge in [0.1, 0.15) is 5.69 Å². The molecule has 8 heteroatoms. The highest BCUT2D eigenvalue weighted by molar-refractivity contribution is 14.1. The van der Waals surface area contributed by atoms with E-state index >= 15 is 0 Å². The van der Waals surface area contributed by atoms with Gasteiger partial charge in [0.15, 0.2) is 0 Å². The van der Waals surface area contributed by atoms with Gasteiger partial charge >= 0.3 is 6.09 Å². The minimum Gasteiger partial charge on any atom is -0.465 e. The third kappa shape index (κ3) is 3.46. The standard InChI is InChI=1S/C17H15IN4O3/c18-15-13(11-3-1-2-10(6-11)8-19)7-14-16(23)21-9-12(22(14)15)4-5-20-17(24)25/h1-3,6-7,12,20H,4-5,9H2,(H,21,23)(H,24,25). The maximum Gasteiger partial charge on any atom is 0.404 e. The number of fused-ring (bicyclic) bond motifs is 1. The summed E-state index contributed by atoms with van der Waals surface area (Å²) in [5, 5.41) is 23.0. The molecule has 0 spiro atoms. The number of nitriles is 1. The zero-order chi connectivity index (χ0) is 18.0. The van der Waals surface area contributed by atoms with Gasteiger partial charge in [-0.1, -0.05) is 12.1 Å². The normalized spacial score (nSPS) is 15.8. The summed E-state index contributed by atoms with van der Waals surface area (Å²) in [5.74, 6) is -0.150. The topological polar surface area (TPSA) is 107 Å². The molecule has 0 bridgehead atoms. The van der Waals surface area contributed by atoms with E-state index in [1.165, 1.54) is 0 Å². The molecule has 25 heavy (non-hydrogen) atoms. The van der Waals surface area contributed by atoms with Gasteiger partial charge in [0.05, 0.1) is 21.4 Å². The van der Waals surface area contributed by atoms with Crippen LogP contribution in [0.5, 0.6) is 0 Å². The molecule has 1 aromatic heterocycles. The predicted octanol–water partition coefficient (Wildman–Crippen LogP) is 2.57. The van der Waals surface area contributed by atoms with Crippen LogP contribution in [0.15, 0.2) is 30.3 Å². The molecule has 3 N–H and O–H groups in total. The van der Waals surface area contributed by atoms with Gasteiger partial charge in [-0.2, -0.15) is 5.26 Å². The lowest BCUT2D eigenvalue weighted by Gasteiger charge is -2.27. The van der Waals surface area contributed by atoms with Crippen molar-refractivity contribution in [3.8, 4) is 17.2 Å². The number of rotatable bonds is 4. The number of hydrogen-bond donors (Lipinski definition) is 3. The molecule has 0 saturated heterocycles. The van der Waals surface area contributed by atoms with E-state index in [4.69, 9.17) is 10.4 Å². The minimum atomic E-state index is -1.06. The lowest BCUT2D eigenvalue weighted by molar-refractivity contribution is 0.0911. The molecule has 0 radical (unpaired) electrons. The number of benzene rings is 1. The summed E-state index contributed by atoms with van der Waals surface area (Å²) in [6.45, 7) is 0.762. The highest BCUT2D eigenvalue weighted by atomic mass is 127. The Hall–Kier alpha value is -2.54. The van der Waals surface area contributed by atoms with Gasteiger partial charge < -0.3 is 20.3 Å². The van der Waals surface area contributed by atoms with Crippen LogP contribution in [0.25, 0.3) is 11.1 Å². The van der Waals surface area contributed by atoms with Gasteiger partial charge in [-0.25, -0.2) is 4.79 Å². The summed E-state index contributed by atoms with van der Waals surface area (Å²) in [5.41, 5.74) is 2.87. The van der Waals surface area contributed by atoms with E-state index in [2.05, 4.69) is 39.3 Å². The Morgan fingerprint density at radius 2 is 2.28 bits per heavy atom. The van der Waals surface area contributed by atoms with Crippen LogP contribution in [-0.4, -0.2) is 34.8 Å². The van der Waals surface area contributed by atoms with E-state index in [0.29, 0.717) is 30.8 Å². The Kier molecular flexibility index (Phi) is 4.94. The van der Waals surface area contributed by atoms with Gasteiger partial charge in [-0.05, 0) is 52.8 Å². The SMILES string of the molecule is N#Cc1cccc(-c2cc3n(c2I)C(CCNC(=O)O)CNC3=O)c1. The summed E-state index contributed by atoms with van der Waals surface area (Å²) in [6.07, 6.45) is -0.488. The van der Waals surface area contributed by atoms with Crippen LogP contribution >= 0.6 is 22.6 Å². The molecule has 1 aromatic carbocycles. The number of carbonyl (C=O) groups is 2. The van der Waals surface area contributed by atoms with Gasteiger partial charge in [0, 0.05) is 18.7 Å². The molecule has 3 rings (SSSR count). The molecular formula is C17H15IN4O3. The molecule has 0 saturated carbocycles. The van der Waals surface area contributed by atoms with Crippen molar-refractivity contribution in [2.24, 2.45) is 0 Å². The van der Waals surface area contributed by atoms with Gasteiger partial charge in [0.2, 0.25) is 0 Å². The fraction of sp³-hybridized carbons (Fsp3) is 0.235. The zero-order valence-corrected chi connectivity index (χ0v) is 15.3. The third-order valence-electron chi connectivity index (χ3n) is 4.13. The van der Waals surface area contributed by atoms with Crippen LogP contribution in [0.1, 0.15) is 28.5 Å². The molecule has 0 aliphatic carbocycles. The Morgan fingerprint density at radius 1 is 1.48 bits per heavy atom. The van der Waals surface area contributed by atoms with Crippen LogP contribution < -0.4 is 10.6 Å². The highest BCUT2D eigenvalue weighted by Crippen LogP contribution is 2.34. The highest BCUT2D eigenvalue weighted by Gasteiger charge is 2.29. The molecule has 128 valence electrons. The molecule has 2 amide bonds. The van der Waals surface area contributed by atoms with Crippen LogP contribution in [0.4, 0.5) is 4.79 Å². The summed E-state index contributed by atoms with van der Waals surface area (Å²) in [7, 11) is 0. The fourth-order valence-electron chi connectivity index (χ4n) is 2.96. The van der Waals surface area contributed by atoms with Gasteiger partial charge in [-0.15, -0.1) is 0 Å². The summed E-state index contributed by atoms with van der Waals surface area (Å²) in [6, 6.07) is 11.2. The Morgan fingerprint density at radius 3 is 3.00 bits per heavy atom. The Bertz CT molecular complexity index is 885. The number of halogens is 1. The van der Waals surface area contributed by atoms with Crippen molar-refractivity contribution in [3.05, 3.63) is 45.3 Å². The fourth-order valence-corrected chi connectivity index (χ4v) is 4.08. The smallest absolute Gasteiger partial charge is 0.404 e. The second kappa shape index (κ2) is 7.14. The maximum atomic E-state index is 12.2. The van der Waals surface area contributed by atoms with Crippen LogP contribution in [0.3, 0.4) is 0 Å². The predicted molar refractivity (Wildman–Crippen MR) is 99.3 cm³/mol. The van der Waals surface area contributed by atoms with E-state index in [-0.39, 0.29) is 11.9 Å². The minimum absolute atomic E-state index is 0.0284. The number of carbonyl (C=O) groups excluding carboxylic acids is 1. The largest absolute Gasteiger partial charge is 0.465 e. The van der Waals surface area contributed by atoms with Crippen molar-refractivity contribution in [2.75, 3.05) is 13.1 Å². The number of hydrogen-bond acceptors (Lipinski definition) is 3. The summed E-state index contributed by atoms with van der Waals surface area (Å²) < 4.78 is 2.86. The number of amides is 2. The van der Waals surface area contributed by atoms with Crippen molar-refractivity contribution in [3.63, 3.8) is 0 Å². The van der Waals surface area contributed by atoms with Crippen LogP contribution in [0.2, 0.25) is 0 Å². The van der Waals surface area contributed by atoms with Crippen molar-refractivity contribution < 1.29 is 14.7 Å². The third-order valence-corrected chi connectivity index (χ3v) is 5.23. The first-order valence-corrected chi connectivity index (χ1v) is 8.75. The van der Waals surface area contributed by atoms with Crippen molar-refractivity contribution in [2.45, 2.75) is 12.5 Å². The van der Waals surface area contributed by atoms with E-state index in [9.17, 15) is 9.59 Å². The molecule has 7 nitrogen and oxygen atoms in total. The summed E-state index contributed by atoms with van der Waals surface area (Å²) >= 11 is 2.20. The molecule has 1 aliphatic rings. The Balaban J connectivity index is 1.98. The van der Waals surface area contributed by atoms with Crippen LogP contribution in [0, 0.1) is 15.0 Å². The molecule has 0 fully saturated rings. The lowest BCUT2D eigenvalue weighted by Crippen LogP contribution is -2.40. The first kappa shape index (κ1) is 17.3. The zero-order valence-electron chi connectivity index (χ0n) is 13.1. The molecule has 2 heterocycles. The molecule has 1 unspecified atom stereocenters. The van der Waals surface area contributed by atoms with Gasteiger partial charge in [0.25, 0.3) is 5.91 Å². The van der Waals surface area contributed by atoms with E-state index in [1.54, 1.807) is 12.1 Å². The quantitative estimate of drug-likeness (QED) is 0.623. The number of aromatic nitrogens is 1. The van der Waals surface area contributed by atoms with E-state index in [1.807, 2.05) is 22.8 Å². The number of carboxylic acid groups (broad SMARTS) is 1. The molecule has 2 aromatic rings. The van der Waals surface area contributed by atoms with E-state index in [0.717, 1.165) is 14.8 Å². The summed E-state index contributed by atoms with van der Waals surface area (Å²) in [4.78, 5) is 22.9. The second-order valence-corrected chi connectivity index (χ2v) is 6.70.